The zero-order valence-corrected chi connectivity index (χ0v) is 16.1. The molecule has 1 aliphatic heterocycles. The number of carbonyl (C=O) groups excluding carboxylic acids is 1. The quantitative estimate of drug-likeness (QED) is 0.809. The van der Waals surface area contributed by atoms with Gasteiger partial charge in [0.1, 0.15) is 6.04 Å². The van der Waals surface area contributed by atoms with E-state index in [2.05, 4.69) is 26.2 Å². The summed E-state index contributed by atoms with van der Waals surface area (Å²) in [6.45, 7) is 2.24. The van der Waals surface area contributed by atoms with Gasteiger partial charge in [0.2, 0.25) is 15.9 Å². The van der Waals surface area contributed by atoms with E-state index >= 15 is 0 Å². The fourth-order valence-corrected chi connectivity index (χ4v) is 5.22. The number of benzene rings is 1. The van der Waals surface area contributed by atoms with Gasteiger partial charge in [-0.25, -0.2) is 13.4 Å². The van der Waals surface area contributed by atoms with E-state index in [1.54, 1.807) is 18.3 Å². The molecule has 1 amide bonds. The molecule has 0 spiro atoms. The molecule has 0 radical (unpaired) electrons. The molecule has 2 aromatic rings. The van der Waals surface area contributed by atoms with Gasteiger partial charge in [-0.1, -0.05) is 15.9 Å². The average Bonchev–Trinajstić information content (AvgIpc) is 3.17. The maximum absolute atomic E-state index is 12.8. The number of halogens is 1. The van der Waals surface area contributed by atoms with Crippen molar-refractivity contribution in [3.05, 3.63) is 39.8 Å². The second kappa shape index (κ2) is 6.91. The molecule has 1 aromatic heterocycles. The van der Waals surface area contributed by atoms with Crippen LogP contribution in [0, 0.1) is 6.92 Å². The highest BCUT2D eigenvalue weighted by Gasteiger charge is 2.39. The molecule has 9 heteroatoms. The number of rotatable bonds is 4. The number of hydrogen-bond donors (Lipinski definition) is 1. The number of nitrogens with one attached hydrogen (secondary N) is 1. The Balaban J connectivity index is 1.81. The summed E-state index contributed by atoms with van der Waals surface area (Å²) in [5.41, 5.74) is 0. The van der Waals surface area contributed by atoms with Gasteiger partial charge < -0.3 is 5.32 Å². The smallest absolute Gasteiger partial charge is 0.244 e. The minimum absolute atomic E-state index is 0.190. The summed E-state index contributed by atoms with van der Waals surface area (Å²) in [4.78, 5) is 17.8. The Bertz CT molecular complexity index is 849. The fraction of sp³-hybridized carbons (Fsp3) is 0.333. The van der Waals surface area contributed by atoms with Crippen LogP contribution in [-0.4, -0.2) is 36.2 Å². The van der Waals surface area contributed by atoms with Gasteiger partial charge in [0.15, 0.2) is 5.13 Å². The van der Waals surface area contributed by atoms with Crippen LogP contribution in [0.1, 0.15) is 17.7 Å². The van der Waals surface area contributed by atoms with E-state index in [1.807, 2.05) is 6.92 Å². The van der Waals surface area contributed by atoms with Crippen LogP contribution in [0.3, 0.4) is 0 Å². The summed E-state index contributed by atoms with van der Waals surface area (Å²) in [5, 5.41) is 3.21. The summed E-state index contributed by atoms with van der Waals surface area (Å²) in [6.07, 6.45) is 2.84. The lowest BCUT2D eigenvalue weighted by atomic mass is 10.2. The van der Waals surface area contributed by atoms with Gasteiger partial charge in [-0.2, -0.15) is 4.31 Å². The second-order valence-electron chi connectivity index (χ2n) is 5.49. The van der Waals surface area contributed by atoms with Crippen molar-refractivity contribution in [3.8, 4) is 0 Å². The SMILES string of the molecule is Cc1cnc(NC(=O)[C@@H]2CCCN2S(=O)(=O)c2ccc(Br)cc2)s1. The molecule has 128 valence electrons. The van der Waals surface area contributed by atoms with Gasteiger partial charge in [0, 0.05) is 22.1 Å². The Morgan fingerprint density at radius 2 is 2.08 bits per heavy atom. The third-order valence-electron chi connectivity index (χ3n) is 3.78. The molecular weight excluding hydrogens is 414 g/mol. The van der Waals surface area contributed by atoms with Crippen LogP contribution in [0.15, 0.2) is 39.8 Å². The summed E-state index contributed by atoms with van der Waals surface area (Å²) < 4.78 is 27.8. The molecule has 6 nitrogen and oxygen atoms in total. The predicted octanol–water partition coefficient (Wildman–Crippen LogP) is 3.01. The maximum Gasteiger partial charge on any atom is 0.244 e. The summed E-state index contributed by atoms with van der Waals surface area (Å²) >= 11 is 4.66. The third-order valence-corrected chi connectivity index (χ3v) is 7.06. The molecule has 1 atom stereocenters. The summed E-state index contributed by atoms with van der Waals surface area (Å²) in [7, 11) is -3.70. The van der Waals surface area contributed by atoms with Crippen LogP contribution < -0.4 is 5.32 Å². The number of sulfonamides is 1. The Kier molecular flexibility index (Phi) is 5.05. The molecule has 24 heavy (non-hydrogen) atoms. The van der Waals surface area contributed by atoms with Crippen LogP contribution in [0.2, 0.25) is 0 Å². The molecule has 1 aliphatic rings. The largest absolute Gasteiger partial charge is 0.301 e. The van der Waals surface area contributed by atoms with Crippen molar-refractivity contribution in [2.45, 2.75) is 30.7 Å². The highest BCUT2D eigenvalue weighted by Crippen LogP contribution is 2.28. The topological polar surface area (TPSA) is 79.4 Å². The first-order valence-electron chi connectivity index (χ1n) is 7.38. The Morgan fingerprint density at radius 1 is 1.38 bits per heavy atom. The molecule has 1 saturated heterocycles. The van der Waals surface area contributed by atoms with Crippen LogP contribution in [-0.2, 0) is 14.8 Å². The Morgan fingerprint density at radius 3 is 2.71 bits per heavy atom. The van der Waals surface area contributed by atoms with E-state index in [-0.39, 0.29) is 10.8 Å². The maximum atomic E-state index is 12.8. The zero-order valence-electron chi connectivity index (χ0n) is 12.9. The van der Waals surface area contributed by atoms with Crippen molar-refractivity contribution in [2.75, 3.05) is 11.9 Å². The minimum Gasteiger partial charge on any atom is -0.301 e. The molecular formula is C15H16BrN3O3S2. The van der Waals surface area contributed by atoms with Gasteiger partial charge in [-0.3, -0.25) is 4.79 Å². The van der Waals surface area contributed by atoms with Gasteiger partial charge in [0.05, 0.1) is 4.90 Å². The molecule has 1 aromatic carbocycles. The van der Waals surface area contributed by atoms with Crippen LogP contribution >= 0.6 is 27.3 Å². The number of hydrogen-bond acceptors (Lipinski definition) is 5. The number of aryl methyl sites for hydroxylation is 1. The second-order valence-corrected chi connectivity index (χ2v) is 9.53. The molecule has 0 aliphatic carbocycles. The Hall–Kier alpha value is -1.29. The molecule has 0 saturated carbocycles. The van der Waals surface area contributed by atoms with Crippen molar-refractivity contribution in [2.24, 2.45) is 0 Å². The van der Waals surface area contributed by atoms with Gasteiger partial charge in [-0.05, 0) is 44.0 Å². The van der Waals surface area contributed by atoms with E-state index in [0.29, 0.717) is 24.5 Å². The molecule has 2 heterocycles. The highest BCUT2D eigenvalue weighted by molar-refractivity contribution is 9.10. The van der Waals surface area contributed by atoms with Crippen LogP contribution in [0.4, 0.5) is 5.13 Å². The standard InChI is InChI=1S/C15H16BrN3O3S2/c1-10-9-17-15(23-10)18-14(20)13-3-2-8-19(13)24(21,22)12-6-4-11(16)5-7-12/h4-7,9,13H,2-3,8H2,1H3,(H,17,18,20)/t13-/m0/s1. The summed E-state index contributed by atoms with van der Waals surface area (Å²) in [6, 6.07) is 5.73. The van der Waals surface area contributed by atoms with E-state index in [4.69, 9.17) is 0 Å². The van der Waals surface area contributed by atoms with Crippen molar-refractivity contribution < 1.29 is 13.2 Å². The van der Waals surface area contributed by atoms with Crippen LogP contribution in [0.5, 0.6) is 0 Å². The molecule has 1 N–H and O–H groups in total. The first-order valence-corrected chi connectivity index (χ1v) is 10.4. The lowest BCUT2D eigenvalue weighted by Crippen LogP contribution is -2.43. The first-order chi connectivity index (χ1) is 11.4. The van der Waals surface area contributed by atoms with E-state index in [1.165, 1.54) is 27.8 Å². The van der Waals surface area contributed by atoms with Crippen molar-refractivity contribution in [1.29, 1.82) is 0 Å². The predicted molar refractivity (Wildman–Crippen MR) is 96.5 cm³/mol. The number of thiazole rings is 1. The van der Waals surface area contributed by atoms with Crippen molar-refractivity contribution >= 4 is 48.3 Å². The number of amides is 1. The molecule has 3 rings (SSSR count). The molecule has 1 fully saturated rings. The monoisotopic (exact) mass is 429 g/mol. The number of anilines is 1. The lowest BCUT2D eigenvalue weighted by Gasteiger charge is -2.23. The normalized spacial score (nSPS) is 18.7. The zero-order chi connectivity index (χ0) is 17.3. The van der Waals surface area contributed by atoms with Crippen molar-refractivity contribution in [3.63, 3.8) is 0 Å². The molecule has 0 bridgehead atoms. The Labute approximate surface area is 153 Å². The van der Waals surface area contributed by atoms with Gasteiger partial charge in [0.25, 0.3) is 0 Å². The van der Waals surface area contributed by atoms with Gasteiger partial charge >= 0.3 is 0 Å². The number of carbonyl (C=O) groups is 1. The van der Waals surface area contributed by atoms with E-state index in [9.17, 15) is 13.2 Å². The highest BCUT2D eigenvalue weighted by atomic mass is 79.9. The number of aromatic nitrogens is 1. The number of nitrogens with zero attached hydrogens (tertiary/aromatic N) is 2. The third kappa shape index (κ3) is 3.53. The minimum atomic E-state index is -3.70. The lowest BCUT2D eigenvalue weighted by molar-refractivity contribution is -0.119. The van der Waals surface area contributed by atoms with Gasteiger partial charge in [-0.15, -0.1) is 11.3 Å². The van der Waals surface area contributed by atoms with E-state index in [0.717, 1.165) is 9.35 Å². The first kappa shape index (κ1) is 17.5. The van der Waals surface area contributed by atoms with E-state index < -0.39 is 16.1 Å². The van der Waals surface area contributed by atoms with Crippen molar-refractivity contribution in [1.82, 2.24) is 9.29 Å². The average molecular weight is 430 g/mol. The van der Waals surface area contributed by atoms with Crippen LogP contribution in [0.25, 0.3) is 0 Å². The fourth-order valence-electron chi connectivity index (χ4n) is 2.63. The summed E-state index contributed by atoms with van der Waals surface area (Å²) in [5.74, 6) is -0.331. The molecule has 0 unspecified atom stereocenters.